The lowest BCUT2D eigenvalue weighted by Gasteiger charge is -1.62. The van der Waals surface area contributed by atoms with Crippen LogP contribution in [0.2, 0.25) is 0 Å². The van der Waals surface area contributed by atoms with Gasteiger partial charge in [0.05, 0.1) is 11.3 Å². The molecule has 0 saturated carbocycles. The highest BCUT2D eigenvalue weighted by molar-refractivity contribution is 14.1. The largest absolute Gasteiger partial charge is 0.172 e. The molecule has 0 amide bonds. The van der Waals surface area contributed by atoms with Crippen LogP contribution in [0.15, 0.2) is 15.4 Å². The SMILES string of the molecule is CN=N/N=C/I. The van der Waals surface area contributed by atoms with Crippen LogP contribution in [0.3, 0.4) is 0 Å². The van der Waals surface area contributed by atoms with E-state index in [0.29, 0.717) is 0 Å². The third-order valence-electron chi connectivity index (χ3n) is 0.185. The Bertz CT molecular complexity index is 57.2. The van der Waals surface area contributed by atoms with Gasteiger partial charge in [0.15, 0.2) is 0 Å². The van der Waals surface area contributed by atoms with Crippen molar-refractivity contribution in [3.8, 4) is 0 Å². The molecule has 0 spiro atoms. The highest BCUT2D eigenvalue weighted by Crippen LogP contribution is 1.73. The van der Waals surface area contributed by atoms with Crippen molar-refractivity contribution in [2.45, 2.75) is 0 Å². The first-order valence-corrected chi connectivity index (χ1v) is 2.57. The van der Waals surface area contributed by atoms with E-state index in [-0.39, 0.29) is 0 Å². The number of rotatable bonds is 1. The molecule has 4 heteroatoms. The van der Waals surface area contributed by atoms with Gasteiger partial charge in [0.25, 0.3) is 0 Å². The first kappa shape index (κ1) is 6.00. The van der Waals surface area contributed by atoms with E-state index in [4.69, 9.17) is 0 Å². The minimum atomic E-state index is 1.55. The molecule has 0 saturated heterocycles. The van der Waals surface area contributed by atoms with Crippen LogP contribution in [0, 0.1) is 0 Å². The Labute approximate surface area is 49.7 Å². The first-order valence-electron chi connectivity index (χ1n) is 1.32. The van der Waals surface area contributed by atoms with Gasteiger partial charge in [-0.3, -0.25) is 0 Å². The van der Waals surface area contributed by atoms with Gasteiger partial charge < -0.3 is 0 Å². The van der Waals surface area contributed by atoms with Crippen LogP contribution in [0.5, 0.6) is 0 Å². The molecule has 0 rings (SSSR count). The minimum Gasteiger partial charge on any atom is -0.172 e. The van der Waals surface area contributed by atoms with E-state index in [1.54, 1.807) is 11.3 Å². The van der Waals surface area contributed by atoms with Crippen LogP contribution in [-0.2, 0) is 0 Å². The molecular formula is C2H4IN3. The predicted molar refractivity (Wildman–Crippen MR) is 33.3 cm³/mol. The van der Waals surface area contributed by atoms with E-state index in [9.17, 15) is 0 Å². The summed E-state index contributed by atoms with van der Waals surface area (Å²) in [5.41, 5.74) is 0. The Morgan fingerprint density at radius 1 is 1.67 bits per heavy atom. The van der Waals surface area contributed by atoms with Crippen LogP contribution < -0.4 is 0 Å². The Kier molecular flexibility index (Phi) is 5.00. The average molecular weight is 197 g/mol. The van der Waals surface area contributed by atoms with E-state index < -0.39 is 0 Å². The molecular weight excluding hydrogens is 193 g/mol. The molecule has 0 aliphatic heterocycles. The molecule has 0 radical (unpaired) electrons. The Morgan fingerprint density at radius 3 is 2.50 bits per heavy atom. The summed E-state index contributed by atoms with van der Waals surface area (Å²) in [5.74, 6) is 0. The zero-order valence-corrected chi connectivity index (χ0v) is 5.45. The van der Waals surface area contributed by atoms with E-state index >= 15 is 0 Å². The van der Waals surface area contributed by atoms with E-state index in [1.165, 1.54) is 0 Å². The van der Waals surface area contributed by atoms with Crippen LogP contribution >= 0.6 is 22.6 Å². The zero-order chi connectivity index (χ0) is 4.83. The monoisotopic (exact) mass is 197 g/mol. The molecule has 0 aromatic rings. The average Bonchev–Trinajstić information content (AvgIpc) is 1.61. The fourth-order valence-corrected chi connectivity index (χ4v) is 0.183. The topological polar surface area (TPSA) is 37.1 Å². The Morgan fingerprint density at radius 2 is 2.33 bits per heavy atom. The van der Waals surface area contributed by atoms with Gasteiger partial charge in [-0.2, -0.15) is 5.11 Å². The van der Waals surface area contributed by atoms with E-state index in [1.807, 2.05) is 22.6 Å². The van der Waals surface area contributed by atoms with Crippen LogP contribution in [0.1, 0.15) is 0 Å². The molecule has 34 valence electrons. The second-order valence-electron chi connectivity index (χ2n) is 0.503. The van der Waals surface area contributed by atoms with Crippen LogP contribution in [0.4, 0.5) is 0 Å². The molecule has 3 nitrogen and oxygen atoms in total. The molecule has 0 fully saturated rings. The summed E-state index contributed by atoms with van der Waals surface area (Å²) in [7, 11) is 1.57. The van der Waals surface area contributed by atoms with Crippen LogP contribution in [-0.4, -0.2) is 11.3 Å². The quantitative estimate of drug-likeness (QED) is 0.264. The molecule has 0 aliphatic carbocycles. The summed E-state index contributed by atoms with van der Waals surface area (Å²) in [4.78, 5) is 0. The van der Waals surface area contributed by atoms with Crippen molar-refractivity contribution in [1.29, 1.82) is 0 Å². The minimum absolute atomic E-state index is 1.55. The predicted octanol–water partition coefficient (Wildman–Crippen LogP) is 1.45. The van der Waals surface area contributed by atoms with Crippen LogP contribution in [0.25, 0.3) is 0 Å². The number of hydrogen-bond donors (Lipinski definition) is 0. The smallest absolute Gasteiger partial charge is 0.0896 e. The van der Waals surface area contributed by atoms with Gasteiger partial charge in [-0.1, -0.05) is 0 Å². The first-order chi connectivity index (χ1) is 2.91. The van der Waals surface area contributed by atoms with Crippen molar-refractivity contribution in [2.24, 2.45) is 15.4 Å². The van der Waals surface area contributed by atoms with Crippen molar-refractivity contribution >= 4 is 26.8 Å². The van der Waals surface area contributed by atoms with Gasteiger partial charge in [-0.05, 0) is 27.8 Å². The highest BCUT2D eigenvalue weighted by atomic mass is 127. The number of nitrogens with zero attached hydrogens (tertiary/aromatic N) is 3. The fraction of sp³-hybridized carbons (Fsp3) is 0.500. The Balaban J connectivity index is 3.07. The lowest BCUT2D eigenvalue weighted by molar-refractivity contribution is 1.03. The maximum Gasteiger partial charge on any atom is 0.0896 e. The van der Waals surface area contributed by atoms with Gasteiger partial charge in [0.2, 0.25) is 0 Å². The summed E-state index contributed by atoms with van der Waals surface area (Å²) < 4.78 is 1.55. The lowest BCUT2D eigenvalue weighted by Crippen LogP contribution is -1.45. The molecule has 6 heavy (non-hydrogen) atoms. The second kappa shape index (κ2) is 5.00. The molecule has 0 bridgehead atoms. The molecule has 0 heterocycles. The molecule has 0 aromatic heterocycles. The van der Waals surface area contributed by atoms with Gasteiger partial charge in [-0.25, -0.2) is 0 Å². The fourth-order valence-electron chi connectivity index (χ4n) is 0.0712. The van der Waals surface area contributed by atoms with Crippen molar-refractivity contribution < 1.29 is 0 Å². The van der Waals surface area contributed by atoms with Gasteiger partial charge in [-0.15, -0.1) is 5.10 Å². The Hall–Kier alpha value is -0.000000000000000111. The number of hydrogen-bond acceptors (Lipinski definition) is 2. The molecule has 0 atom stereocenters. The maximum absolute atomic E-state index is 3.41. The van der Waals surface area contributed by atoms with Gasteiger partial charge in [0, 0.05) is 0 Å². The molecule has 0 N–H and O–H groups in total. The molecule has 0 unspecified atom stereocenters. The third kappa shape index (κ3) is 4.00. The third-order valence-corrected chi connectivity index (χ3v) is 0.434. The van der Waals surface area contributed by atoms with Crippen molar-refractivity contribution in [2.75, 3.05) is 7.05 Å². The van der Waals surface area contributed by atoms with Gasteiger partial charge in [0.1, 0.15) is 0 Å². The molecule has 0 aliphatic rings. The second-order valence-corrected chi connectivity index (χ2v) is 1.06. The summed E-state index contributed by atoms with van der Waals surface area (Å²) in [6.07, 6.45) is 0. The zero-order valence-electron chi connectivity index (χ0n) is 3.30. The summed E-state index contributed by atoms with van der Waals surface area (Å²) in [5, 5.41) is 10.0. The summed E-state index contributed by atoms with van der Waals surface area (Å²) in [6, 6.07) is 0. The maximum atomic E-state index is 3.41. The van der Waals surface area contributed by atoms with Crippen molar-refractivity contribution in [1.82, 2.24) is 0 Å². The normalized spacial score (nSPS) is 11.7. The van der Waals surface area contributed by atoms with E-state index in [0.717, 1.165) is 0 Å². The molecule has 0 aromatic carbocycles. The summed E-state index contributed by atoms with van der Waals surface area (Å²) >= 11 is 1.97. The van der Waals surface area contributed by atoms with Gasteiger partial charge >= 0.3 is 0 Å². The standard InChI is InChI=1S/C2H4IN3/c1-4-6-5-2-3/h2H,1H3/b5-2+,6-4?. The van der Waals surface area contributed by atoms with Crippen molar-refractivity contribution in [3.05, 3.63) is 0 Å². The summed E-state index contributed by atoms with van der Waals surface area (Å²) in [6.45, 7) is 0. The van der Waals surface area contributed by atoms with Crippen molar-refractivity contribution in [3.63, 3.8) is 0 Å². The highest BCUT2D eigenvalue weighted by Gasteiger charge is 1.50. The number of halogens is 1. The van der Waals surface area contributed by atoms with E-state index in [2.05, 4.69) is 15.4 Å². The lowest BCUT2D eigenvalue weighted by atomic mass is 11.5.